The molecule has 0 bridgehead atoms. The van der Waals surface area contributed by atoms with Gasteiger partial charge in [0.2, 0.25) is 0 Å². The van der Waals surface area contributed by atoms with Crippen molar-refractivity contribution in [1.29, 1.82) is 0 Å². The second-order valence-electron chi connectivity index (χ2n) is 11.2. The molecule has 11 heteroatoms. The zero-order valence-corrected chi connectivity index (χ0v) is 24.1. The van der Waals surface area contributed by atoms with Gasteiger partial charge in [-0.15, -0.1) is 0 Å². The van der Waals surface area contributed by atoms with Gasteiger partial charge in [0.1, 0.15) is 29.4 Å². The predicted molar refractivity (Wildman–Crippen MR) is 165 cm³/mol. The molecule has 6 aromatic rings. The van der Waals surface area contributed by atoms with Crippen molar-refractivity contribution in [1.82, 2.24) is 40.0 Å². The normalized spacial score (nSPS) is 13.9. The Bertz CT molecular complexity index is 1910. The highest BCUT2D eigenvalue weighted by Gasteiger charge is 2.18. The minimum absolute atomic E-state index is 0.289. The van der Waals surface area contributed by atoms with Crippen LogP contribution in [0.5, 0.6) is 5.75 Å². The van der Waals surface area contributed by atoms with Crippen LogP contribution in [0.3, 0.4) is 0 Å². The van der Waals surface area contributed by atoms with Crippen LogP contribution in [0, 0.1) is 5.82 Å². The van der Waals surface area contributed by atoms with Crippen LogP contribution in [0.15, 0.2) is 61.2 Å². The molecule has 7 rings (SSSR count). The molecule has 0 amide bonds. The maximum Gasteiger partial charge on any atom is 0.159 e. The number of aromatic amines is 2. The summed E-state index contributed by atoms with van der Waals surface area (Å²) in [5.74, 6) is 0.645. The second kappa shape index (κ2) is 11.4. The number of likely N-dealkylation sites (tertiary alicyclic amines) is 1. The summed E-state index contributed by atoms with van der Waals surface area (Å²) in [4.78, 5) is 24.2. The smallest absolute Gasteiger partial charge is 0.159 e. The minimum atomic E-state index is -0.387. The highest BCUT2D eigenvalue weighted by molar-refractivity contribution is 5.96. The third-order valence-electron chi connectivity index (χ3n) is 7.59. The average Bonchev–Trinajstić information content (AvgIpc) is 3.76. The van der Waals surface area contributed by atoms with Crippen LogP contribution in [0.2, 0.25) is 0 Å². The lowest BCUT2D eigenvalue weighted by molar-refractivity contribution is 0.237. The molecule has 10 nitrogen and oxygen atoms in total. The summed E-state index contributed by atoms with van der Waals surface area (Å²) in [6, 6.07) is 10.9. The minimum Gasteiger partial charge on any atom is -0.492 e. The van der Waals surface area contributed by atoms with Crippen molar-refractivity contribution in [2.75, 3.05) is 31.6 Å². The van der Waals surface area contributed by atoms with E-state index in [4.69, 9.17) is 9.72 Å². The van der Waals surface area contributed by atoms with Gasteiger partial charge in [0.25, 0.3) is 0 Å². The number of anilines is 1. The Morgan fingerprint density at radius 2 is 1.84 bits per heavy atom. The number of ether oxygens (including phenoxy) is 1. The van der Waals surface area contributed by atoms with Gasteiger partial charge in [-0.05, 0) is 70.1 Å². The third kappa shape index (κ3) is 5.63. The Hall–Kier alpha value is -4.90. The fourth-order valence-electron chi connectivity index (χ4n) is 5.59. The molecular formula is C32H32FN9O. The maximum absolute atomic E-state index is 14.7. The summed E-state index contributed by atoms with van der Waals surface area (Å²) in [5, 5.41) is 11.8. The fourth-order valence-corrected chi connectivity index (χ4v) is 5.59. The average molecular weight is 578 g/mol. The van der Waals surface area contributed by atoms with Crippen molar-refractivity contribution in [3.63, 3.8) is 0 Å². The number of hydrogen-bond acceptors (Lipinski definition) is 8. The number of hydrogen-bond donors (Lipinski definition) is 3. The Morgan fingerprint density at radius 1 is 0.977 bits per heavy atom. The molecule has 1 fully saturated rings. The molecule has 6 heterocycles. The number of halogens is 1. The SMILES string of the molecule is CC(C)Nc1cncc(-c2cnc3[nH]nc(-c4nc5c(-c6cc(F)cc(OCCN7CCCC7)c6)nccc5[nH]4)c3c2)c1. The zero-order chi connectivity index (χ0) is 29.3. The lowest BCUT2D eigenvalue weighted by atomic mass is 10.1. The van der Waals surface area contributed by atoms with Gasteiger partial charge in [-0.2, -0.15) is 5.10 Å². The van der Waals surface area contributed by atoms with Crippen LogP contribution in [0.25, 0.3) is 56.0 Å². The number of rotatable bonds is 9. The summed E-state index contributed by atoms with van der Waals surface area (Å²) < 4.78 is 20.7. The molecule has 1 aromatic carbocycles. The lowest BCUT2D eigenvalue weighted by Gasteiger charge is -2.15. The first-order valence-electron chi connectivity index (χ1n) is 14.6. The first kappa shape index (κ1) is 27.0. The van der Waals surface area contributed by atoms with E-state index >= 15 is 0 Å². The largest absolute Gasteiger partial charge is 0.492 e. The lowest BCUT2D eigenvalue weighted by Crippen LogP contribution is -2.25. The molecule has 0 radical (unpaired) electrons. The van der Waals surface area contributed by atoms with E-state index in [0.29, 0.717) is 46.3 Å². The van der Waals surface area contributed by atoms with Crippen molar-refractivity contribution in [3.8, 4) is 39.7 Å². The number of benzene rings is 1. The van der Waals surface area contributed by atoms with Gasteiger partial charge in [0.05, 0.1) is 22.3 Å². The van der Waals surface area contributed by atoms with Crippen LogP contribution >= 0.6 is 0 Å². The van der Waals surface area contributed by atoms with Crippen molar-refractivity contribution in [2.45, 2.75) is 32.7 Å². The highest BCUT2D eigenvalue weighted by atomic mass is 19.1. The predicted octanol–water partition coefficient (Wildman–Crippen LogP) is 6.06. The number of imidazole rings is 1. The summed E-state index contributed by atoms with van der Waals surface area (Å²) in [6.07, 6.45) is 9.55. The zero-order valence-electron chi connectivity index (χ0n) is 24.1. The van der Waals surface area contributed by atoms with E-state index in [0.717, 1.165) is 47.4 Å². The molecule has 1 aliphatic heterocycles. The van der Waals surface area contributed by atoms with Gasteiger partial charge in [-0.25, -0.2) is 14.4 Å². The van der Waals surface area contributed by atoms with Crippen LogP contribution in [-0.2, 0) is 0 Å². The molecule has 43 heavy (non-hydrogen) atoms. The van der Waals surface area contributed by atoms with Gasteiger partial charge in [0, 0.05) is 60.1 Å². The maximum atomic E-state index is 14.7. The Labute approximate surface area is 247 Å². The first-order valence-corrected chi connectivity index (χ1v) is 14.6. The van der Waals surface area contributed by atoms with Crippen LogP contribution in [0.4, 0.5) is 10.1 Å². The summed E-state index contributed by atoms with van der Waals surface area (Å²) in [7, 11) is 0. The number of pyridine rings is 3. The van der Waals surface area contributed by atoms with E-state index in [1.807, 2.05) is 24.4 Å². The van der Waals surface area contributed by atoms with Crippen LogP contribution in [-0.4, -0.2) is 72.3 Å². The summed E-state index contributed by atoms with van der Waals surface area (Å²) in [5.41, 5.74) is 6.58. The molecule has 0 atom stereocenters. The van der Waals surface area contributed by atoms with Crippen molar-refractivity contribution in [2.24, 2.45) is 0 Å². The number of aromatic nitrogens is 7. The summed E-state index contributed by atoms with van der Waals surface area (Å²) >= 11 is 0. The molecule has 0 saturated carbocycles. The topological polar surface area (TPSA) is 121 Å². The van der Waals surface area contributed by atoms with E-state index in [-0.39, 0.29) is 11.9 Å². The third-order valence-corrected chi connectivity index (χ3v) is 7.59. The van der Waals surface area contributed by atoms with Crippen molar-refractivity contribution >= 4 is 27.8 Å². The van der Waals surface area contributed by atoms with E-state index in [1.165, 1.54) is 25.0 Å². The number of fused-ring (bicyclic) bond motifs is 2. The molecule has 218 valence electrons. The van der Waals surface area contributed by atoms with Gasteiger partial charge in [-0.1, -0.05) is 0 Å². The fraction of sp³-hybridized carbons (Fsp3) is 0.281. The molecule has 0 unspecified atom stereocenters. The highest BCUT2D eigenvalue weighted by Crippen LogP contribution is 2.33. The van der Waals surface area contributed by atoms with Crippen LogP contribution in [0.1, 0.15) is 26.7 Å². The molecular weight excluding hydrogens is 545 g/mol. The van der Waals surface area contributed by atoms with E-state index in [2.05, 4.69) is 60.3 Å². The first-order chi connectivity index (χ1) is 21.0. The number of nitrogens with zero attached hydrogens (tertiary/aromatic N) is 6. The standard InChI is InChI=1S/C32H32FN9O/c1-19(2)37-24-12-21(16-34-18-24)22-14-26-29(40-41-31(26)36-17-22)32-38-27-5-6-35-28(30(27)39-32)20-11-23(33)15-25(13-20)43-10-9-42-7-3-4-8-42/h5-6,11-19,37H,3-4,7-10H2,1-2H3,(H,38,39)(H,36,40,41). The number of nitrogens with one attached hydrogen (secondary N) is 3. The van der Waals surface area contributed by atoms with Gasteiger partial charge >= 0.3 is 0 Å². The van der Waals surface area contributed by atoms with Gasteiger partial charge in [0.15, 0.2) is 11.5 Å². The van der Waals surface area contributed by atoms with E-state index in [1.54, 1.807) is 18.6 Å². The molecule has 0 spiro atoms. The summed E-state index contributed by atoms with van der Waals surface area (Å²) in [6.45, 7) is 7.69. The number of H-pyrrole nitrogens is 2. The Morgan fingerprint density at radius 3 is 2.70 bits per heavy atom. The molecule has 1 saturated heterocycles. The van der Waals surface area contributed by atoms with E-state index < -0.39 is 0 Å². The quantitative estimate of drug-likeness (QED) is 0.190. The van der Waals surface area contributed by atoms with Gasteiger partial charge < -0.3 is 15.0 Å². The molecule has 1 aliphatic rings. The van der Waals surface area contributed by atoms with Crippen molar-refractivity contribution in [3.05, 3.63) is 67.0 Å². The monoisotopic (exact) mass is 577 g/mol. The van der Waals surface area contributed by atoms with Crippen LogP contribution < -0.4 is 10.1 Å². The molecule has 0 aliphatic carbocycles. The molecule has 3 N–H and O–H groups in total. The Balaban J connectivity index is 1.21. The second-order valence-corrected chi connectivity index (χ2v) is 11.2. The van der Waals surface area contributed by atoms with Crippen molar-refractivity contribution < 1.29 is 9.13 Å². The molecule has 5 aromatic heterocycles. The Kier molecular flexibility index (Phi) is 7.15. The van der Waals surface area contributed by atoms with E-state index in [9.17, 15) is 4.39 Å². The van der Waals surface area contributed by atoms with Gasteiger partial charge in [-0.3, -0.25) is 20.0 Å².